The van der Waals surface area contributed by atoms with Crippen LogP contribution in [0.2, 0.25) is 0 Å². The molecule has 0 radical (unpaired) electrons. The van der Waals surface area contributed by atoms with Crippen LogP contribution in [0.1, 0.15) is 35.0 Å². The number of hydrogen-bond donors (Lipinski definition) is 0. The van der Waals surface area contributed by atoms with Gasteiger partial charge in [-0.15, -0.1) is 0 Å². The van der Waals surface area contributed by atoms with Crippen LogP contribution in [0.15, 0.2) is 30.7 Å². The van der Waals surface area contributed by atoms with Crippen molar-refractivity contribution in [3.8, 4) is 0 Å². The Balaban J connectivity index is 1.51. The predicted molar refractivity (Wildman–Crippen MR) is 92.3 cm³/mol. The summed E-state index contributed by atoms with van der Waals surface area (Å²) >= 11 is 0. The van der Waals surface area contributed by atoms with Crippen LogP contribution in [0.5, 0.6) is 0 Å². The standard InChI is InChI=1S/C18H20FN5O2/c19-14-11-20-5-3-13(14)17(25)24-9-10-26-16(12-24)15-4-6-21-18(22-15)23-7-1-2-8-23/h3-6,11,16H,1-2,7-10,12H2. The number of carbonyl (C=O) groups is 1. The van der Waals surface area contributed by atoms with Gasteiger partial charge in [0.1, 0.15) is 6.10 Å². The van der Waals surface area contributed by atoms with Crippen LogP contribution in [0, 0.1) is 5.82 Å². The van der Waals surface area contributed by atoms with Gasteiger partial charge in [0.15, 0.2) is 5.82 Å². The van der Waals surface area contributed by atoms with E-state index in [9.17, 15) is 9.18 Å². The van der Waals surface area contributed by atoms with E-state index in [1.807, 2.05) is 6.07 Å². The zero-order valence-electron chi connectivity index (χ0n) is 14.3. The molecule has 0 saturated carbocycles. The Kier molecular flexibility index (Phi) is 4.75. The monoisotopic (exact) mass is 357 g/mol. The van der Waals surface area contributed by atoms with Crippen LogP contribution in [0.3, 0.4) is 0 Å². The van der Waals surface area contributed by atoms with Gasteiger partial charge in [-0.05, 0) is 25.0 Å². The van der Waals surface area contributed by atoms with Crippen molar-refractivity contribution in [2.45, 2.75) is 18.9 Å². The first kappa shape index (κ1) is 16.8. The molecule has 0 N–H and O–H groups in total. The number of ether oxygens (including phenoxy) is 1. The molecule has 0 aliphatic carbocycles. The van der Waals surface area contributed by atoms with Crippen LogP contribution in [0.25, 0.3) is 0 Å². The number of morpholine rings is 1. The maximum atomic E-state index is 13.9. The van der Waals surface area contributed by atoms with Gasteiger partial charge in [0.2, 0.25) is 5.95 Å². The summed E-state index contributed by atoms with van der Waals surface area (Å²) in [5, 5.41) is 0. The highest BCUT2D eigenvalue weighted by Crippen LogP contribution is 2.24. The van der Waals surface area contributed by atoms with Crippen LogP contribution in [-0.4, -0.2) is 58.5 Å². The molecule has 0 bridgehead atoms. The fourth-order valence-corrected chi connectivity index (χ4v) is 3.34. The number of hydrogen-bond acceptors (Lipinski definition) is 6. The Bertz CT molecular complexity index is 797. The SMILES string of the molecule is O=C(c1ccncc1F)N1CCOC(c2ccnc(N3CCCC3)n2)C1. The van der Waals surface area contributed by atoms with Crippen molar-refractivity contribution >= 4 is 11.9 Å². The third-order valence-corrected chi connectivity index (χ3v) is 4.74. The lowest BCUT2D eigenvalue weighted by atomic mass is 10.1. The molecule has 2 aliphatic rings. The number of anilines is 1. The molecule has 2 fully saturated rings. The molecular weight excluding hydrogens is 337 g/mol. The number of carbonyl (C=O) groups excluding carboxylic acids is 1. The van der Waals surface area contributed by atoms with Gasteiger partial charge in [0, 0.05) is 32.0 Å². The average Bonchev–Trinajstić information content (AvgIpc) is 3.23. The highest BCUT2D eigenvalue weighted by molar-refractivity contribution is 5.94. The molecule has 2 saturated heterocycles. The summed E-state index contributed by atoms with van der Waals surface area (Å²) in [6.07, 6.45) is 6.14. The van der Waals surface area contributed by atoms with Crippen molar-refractivity contribution in [3.63, 3.8) is 0 Å². The molecular formula is C18H20FN5O2. The van der Waals surface area contributed by atoms with Crippen molar-refractivity contribution in [2.24, 2.45) is 0 Å². The zero-order valence-corrected chi connectivity index (χ0v) is 14.3. The number of rotatable bonds is 3. The normalized spacial score (nSPS) is 20.4. The molecule has 0 spiro atoms. The number of aromatic nitrogens is 3. The molecule has 2 aliphatic heterocycles. The second-order valence-electron chi connectivity index (χ2n) is 6.44. The smallest absolute Gasteiger partial charge is 0.257 e. The molecule has 1 unspecified atom stereocenters. The molecule has 136 valence electrons. The van der Waals surface area contributed by atoms with Crippen LogP contribution < -0.4 is 4.90 Å². The van der Waals surface area contributed by atoms with E-state index in [0.717, 1.165) is 37.8 Å². The summed E-state index contributed by atoms with van der Waals surface area (Å²) in [5.74, 6) is -0.266. The van der Waals surface area contributed by atoms with E-state index in [2.05, 4.69) is 19.9 Å². The van der Waals surface area contributed by atoms with Gasteiger partial charge >= 0.3 is 0 Å². The van der Waals surface area contributed by atoms with E-state index in [1.54, 1.807) is 11.1 Å². The molecule has 0 aromatic carbocycles. The van der Waals surface area contributed by atoms with E-state index < -0.39 is 5.82 Å². The first-order chi connectivity index (χ1) is 12.7. The van der Waals surface area contributed by atoms with Crippen molar-refractivity contribution in [1.29, 1.82) is 0 Å². The highest BCUT2D eigenvalue weighted by atomic mass is 19.1. The van der Waals surface area contributed by atoms with Gasteiger partial charge in [-0.25, -0.2) is 14.4 Å². The van der Waals surface area contributed by atoms with E-state index >= 15 is 0 Å². The first-order valence-corrected chi connectivity index (χ1v) is 8.80. The number of halogens is 1. The Morgan fingerprint density at radius 2 is 2.04 bits per heavy atom. The molecule has 1 atom stereocenters. The van der Waals surface area contributed by atoms with Crippen molar-refractivity contribution in [3.05, 3.63) is 47.8 Å². The number of pyridine rings is 1. The van der Waals surface area contributed by atoms with Crippen LogP contribution in [-0.2, 0) is 4.74 Å². The van der Waals surface area contributed by atoms with E-state index in [0.29, 0.717) is 25.6 Å². The van der Waals surface area contributed by atoms with Gasteiger partial charge < -0.3 is 14.5 Å². The third kappa shape index (κ3) is 3.37. The lowest BCUT2D eigenvalue weighted by molar-refractivity contribution is -0.0248. The summed E-state index contributed by atoms with van der Waals surface area (Å²) in [4.78, 5) is 29.1. The molecule has 4 rings (SSSR count). The first-order valence-electron chi connectivity index (χ1n) is 8.80. The molecule has 2 aromatic heterocycles. The number of amides is 1. The minimum absolute atomic E-state index is 0.0288. The maximum absolute atomic E-state index is 13.9. The van der Waals surface area contributed by atoms with E-state index in [4.69, 9.17) is 4.74 Å². The quantitative estimate of drug-likeness (QED) is 0.835. The Morgan fingerprint density at radius 3 is 2.85 bits per heavy atom. The van der Waals surface area contributed by atoms with Crippen molar-refractivity contribution < 1.29 is 13.9 Å². The summed E-state index contributed by atoms with van der Waals surface area (Å²) in [5.41, 5.74) is 0.774. The van der Waals surface area contributed by atoms with Gasteiger partial charge in [-0.3, -0.25) is 9.78 Å². The van der Waals surface area contributed by atoms with E-state index in [-0.39, 0.29) is 17.6 Å². The Hall–Kier alpha value is -2.61. The van der Waals surface area contributed by atoms with Gasteiger partial charge in [0.25, 0.3) is 5.91 Å². The number of nitrogens with zero attached hydrogens (tertiary/aromatic N) is 5. The third-order valence-electron chi connectivity index (χ3n) is 4.74. The second-order valence-corrected chi connectivity index (χ2v) is 6.44. The summed E-state index contributed by atoms with van der Waals surface area (Å²) in [6, 6.07) is 3.21. The molecule has 7 nitrogen and oxygen atoms in total. The largest absolute Gasteiger partial charge is 0.368 e. The topological polar surface area (TPSA) is 71.5 Å². The fourth-order valence-electron chi connectivity index (χ4n) is 3.34. The second kappa shape index (κ2) is 7.33. The van der Waals surface area contributed by atoms with Crippen LogP contribution in [0.4, 0.5) is 10.3 Å². The van der Waals surface area contributed by atoms with Gasteiger partial charge in [-0.1, -0.05) is 0 Å². The minimum Gasteiger partial charge on any atom is -0.368 e. The molecule has 4 heterocycles. The summed E-state index contributed by atoms with van der Waals surface area (Å²) in [6.45, 7) is 3.05. The molecule has 2 aromatic rings. The summed E-state index contributed by atoms with van der Waals surface area (Å²) < 4.78 is 19.7. The zero-order chi connectivity index (χ0) is 17.9. The Morgan fingerprint density at radius 1 is 1.19 bits per heavy atom. The maximum Gasteiger partial charge on any atom is 0.257 e. The van der Waals surface area contributed by atoms with Crippen molar-refractivity contribution in [2.75, 3.05) is 37.7 Å². The van der Waals surface area contributed by atoms with Gasteiger partial charge in [-0.2, -0.15) is 0 Å². The van der Waals surface area contributed by atoms with Crippen molar-refractivity contribution in [1.82, 2.24) is 19.9 Å². The molecule has 8 heteroatoms. The lowest BCUT2D eigenvalue weighted by Gasteiger charge is -2.33. The van der Waals surface area contributed by atoms with E-state index in [1.165, 1.54) is 12.3 Å². The molecule has 26 heavy (non-hydrogen) atoms. The Labute approximate surface area is 150 Å². The van der Waals surface area contributed by atoms with Crippen LogP contribution >= 0.6 is 0 Å². The fraction of sp³-hybridized carbons (Fsp3) is 0.444. The average molecular weight is 357 g/mol. The lowest BCUT2D eigenvalue weighted by Crippen LogP contribution is -2.42. The highest BCUT2D eigenvalue weighted by Gasteiger charge is 2.29. The van der Waals surface area contributed by atoms with Gasteiger partial charge in [0.05, 0.1) is 30.6 Å². The molecule has 1 amide bonds. The minimum atomic E-state index is -0.612. The predicted octanol–water partition coefficient (Wildman–Crippen LogP) is 1.82. The summed E-state index contributed by atoms with van der Waals surface area (Å²) in [7, 11) is 0.